The summed E-state index contributed by atoms with van der Waals surface area (Å²) in [7, 11) is 0. The predicted molar refractivity (Wildman–Crippen MR) is 83.3 cm³/mol. The Morgan fingerprint density at radius 3 is 3.10 bits per heavy atom. The van der Waals surface area contributed by atoms with E-state index in [-0.39, 0.29) is 0 Å². The third kappa shape index (κ3) is 3.22. The molecule has 0 spiro atoms. The molecule has 1 aliphatic heterocycles. The van der Waals surface area contributed by atoms with Crippen molar-refractivity contribution >= 4 is 11.8 Å². The third-order valence-corrected chi connectivity index (χ3v) is 4.90. The number of aromatic nitrogens is 3. The van der Waals surface area contributed by atoms with Crippen LogP contribution in [0.15, 0.2) is 30.9 Å². The number of hydrogen-bond acceptors (Lipinski definition) is 4. The van der Waals surface area contributed by atoms with Crippen molar-refractivity contribution in [1.29, 1.82) is 0 Å². The highest BCUT2D eigenvalue weighted by molar-refractivity contribution is 7.99. The molecule has 1 fully saturated rings. The average molecular weight is 288 g/mol. The van der Waals surface area contributed by atoms with Gasteiger partial charge in [-0.2, -0.15) is 16.9 Å². The first kappa shape index (κ1) is 13.6. The van der Waals surface area contributed by atoms with Crippen LogP contribution in [0.2, 0.25) is 0 Å². The van der Waals surface area contributed by atoms with Gasteiger partial charge in [0, 0.05) is 18.3 Å². The van der Waals surface area contributed by atoms with Gasteiger partial charge in [-0.05, 0) is 42.7 Å². The summed E-state index contributed by atoms with van der Waals surface area (Å²) in [5.41, 5.74) is 3.66. The van der Waals surface area contributed by atoms with Crippen LogP contribution < -0.4 is 5.32 Å². The first-order valence-electron chi connectivity index (χ1n) is 7.08. The van der Waals surface area contributed by atoms with Crippen molar-refractivity contribution in [3.8, 4) is 5.69 Å². The number of rotatable bonds is 4. The second-order valence-corrected chi connectivity index (χ2v) is 6.41. The first-order chi connectivity index (χ1) is 9.83. The number of aryl methyl sites for hydroxylation is 1. The summed E-state index contributed by atoms with van der Waals surface area (Å²) in [6.07, 6.45) is 5.95. The Morgan fingerprint density at radius 1 is 1.45 bits per heavy atom. The van der Waals surface area contributed by atoms with Gasteiger partial charge in [-0.15, -0.1) is 0 Å². The van der Waals surface area contributed by atoms with E-state index >= 15 is 0 Å². The second-order valence-electron chi connectivity index (χ2n) is 5.26. The van der Waals surface area contributed by atoms with Crippen molar-refractivity contribution in [2.45, 2.75) is 32.4 Å². The lowest BCUT2D eigenvalue weighted by Crippen LogP contribution is -2.33. The lowest BCUT2D eigenvalue weighted by molar-refractivity contribution is 0.507. The molecule has 1 N–H and O–H groups in total. The standard InChI is InChI=1S/C15H20N4S/c1-12-7-13(8-17-14-3-2-6-20-9-14)4-5-15(12)19-11-16-10-18-19/h4-5,7,10-11,14,17H,2-3,6,8-9H2,1H3/t14-/m0/s1. The highest BCUT2D eigenvalue weighted by Crippen LogP contribution is 2.18. The molecule has 1 saturated heterocycles. The van der Waals surface area contributed by atoms with Crippen LogP contribution in [0.4, 0.5) is 0 Å². The Bertz CT molecular complexity index is 547. The summed E-state index contributed by atoms with van der Waals surface area (Å²) in [6, 6.07) is 7.20. The number of benzene rings is 1. The van der Waals surface area contributed by atoms with E-state index in [0.717, 1.165) is 12.2 Å². The summed E-state index contributed by atoms with van der Waals surface area (Å²) in [5.74, 6) is 2.57. The average Bonchev–Trinajstić information content (AvgIpc) is 3.00. The number of thioether (sulfide) groups is 1. The van der Waals surface area contributed by atoms with E-state index in [0.29, 0.717) is 6.04 Å². The van der Waals surface area contributed by atoms with Gasteiger partial charge in [-0.25, -0.2) is 9.67 Å². The van der Waals surface area contributed by atoms with Crippen LogP contribution in [0.1, 0.15) is 24.0 Å². The predicted octanol–water partition coefficient (Wildman–Crippen LogP) is 2.56. The molecule has 1 aromatic heterocycles. The fourth-order valence-corrected chi connectivity index (χ4v) is 3.69. The van der Waals surface area contributed by atoms with E-state index < -0.39 is 0 Å². The molecule has 0 amide bonds. The molecule has 1 aliphatic rings. The van der Waals surface area contributed by atoms with Crippen LogP contribution in [0.25, 0.3) is 5.69 Å². The summed E-state index contributed by atoms with van der Waals surface area (Å²) in [6.45, 7) is 3.07. The quantitative estimate of drug-likeness (QED) is 0.939. The minimum absolute atomic E-state index is 0.670. The van der Waals surface area contributed by atoms with Gasteiger partial charge in [0.15, 0.2) is 0 Å². The summed E-state index contributed by atoms with van der Waals surface area (Å²) < 4.78 is 1.81. The molecule has 5 heteroatoms. The van der Waals surface area contributed by atoms with Crippen LogP contribution in [-0.4, -0.2) is 32.3 Å². The molecule has 0 radical (unpaired) electrons. The van der Waals surface area contributed by atoms with E-state index in [1.165, 1.54) is 35.5 Å². The highest BCUT2D eigenvalue weighted by Gasteiger charge is 2.13. The van der Waals surface area contributed by atoms with Gasteiger partial charge in [0.1, 0.15) is 12.7 Å². The smallest absolute Gasteiger partial charge is 0.138 e. The molecule has 1 atom stereocenters. The van der Waals surface area contributed by atoms with Crippen molar-refractivity contribution in [2.24, 2.45) is 0 Å². The third-order valence-electron chi connectivity index (χ3n) is 3.68. The normalized spacial score (nSPS) is 19.1. The number of nitrogens with zero attached hydrogens (tertiary/aromatic N) is 3. The Kier molecular flexibility index (Phi) is 4.38. The van der Waals surface area contributed by atoms with Crippen LogP contribution >= 0.6 is 11.8 Å². The molecule has 2 aromatic rings. The molecule has 2 heterocycles. The largest absolute Gasteiger partial charge is 0.309 e. The minimum Gasteiger partial charge on any atom is -0.309 e. The van der Waals surface area contributed by atoms with E-state index in [4.69, 9.17) is 0 Å². The molecule has 0 unspecified atom stereocenters. The van der Waals surface area contributed by atoms with Crippen molar-refractivity contribution in [3.05, 3.63) is 42.0 Å². The molecular weight excluding hydrogens is 268 g/mol. The molecule has 106 valence electrons. The topological polar surface area (TPSA) is 42.7 Å². The SMILES string of the molecule is Cc1cc(CN[C@H]2CCCSC2)ccc1-n1cncn1. The van der Waals surface area contributed by atoms with E-state index in [9.17, 15) is 0 Å². The van der Waals surface area contributed by atoms with E-state index in [1.54, 1.807) is 12.7 Å². The van der Waals surface area contributed by atoms with Crippen LogP contribution in [0.5, 0.6) is 0 Å². The molecule has 0 bridgehead atoms. The van der Waals surface area contributed by atoms with Gasteiger partial charge in [-0.1, -0.05) is 12.1 Å². The van der Waals surface area contributed by atoms with Crippen molar-refractivity contribution in [1.82, 2.24) is 20.1 Å². The lowest BCUT2D eigenvalue weighted by atomic mass is 10.1. The van der Waals surface area contributed by atoms with Gasteiger partial charge >= 0.3 is 0 Å². The molecule has 1 aromatic carbocycles. The lowest BCUT2D eigenvalue weighted by Gasteiger charge is -2.22. The van der Waals surface area contributed by atoms with Gasteiger partial charge in [0.05, 0.1) is 5.69 Å². The van der Waals surface area contributed by atoms with Gasteiger partial charge in [0.2, 0.25) is 0 Å². The maximum Gasteiger partial charge on any atom is 0.138 e. The van der Waals surface area contributed by atoms with Crippen molar-refractivity contribution in [3.63, 3.8) is 0 Å². The fourth-order valence-electron chi connectivity index (χ4n) is 2.58. The molecule has 3 rings (SSSR count). The maximum absolute atomic E-state index is 4.18. The molecule has 0 saturated carbocycles. The maximum atomic E-state index is 4.18. The van der Waals surface area contributed by atoms with Crippen LogP contribution in [-0.2, 0) is 6.54 Å². The summed E-state index contributed by atoms with van der Waals surface area (Å²) in [4.78, 5) is 4.00. The van der Waals surface area contributed by atoms with E-state index in [2.05, 4.69) is 52.3 Å². The fraction of sp³-hybridized carbons (Fsp3) is 0.467. The highest BCUT2D eigenvalue weighted by atomic mass is 32.2. The molecular formula is C15H20N4S. The Hall–Kier alpha value is -1.33. The molecule has 20 heavy (non-hydrogen) atoms. The zero-order valence-electron chi connectivity index (χ0n) is 11.7. The van der Waals surface area contributed by atoms with Crippen LogP contribution in [0, 0.1) is 6.92 Å². The van der Waals surface area contributed by atoms with Crippen molar-refractivity contribution in [2.75, 3.05) is 11.5 Å². The summed E-state index contributed by atoms with van der Waals surface area (Å²) >= 11 is 2.06. The van der Waals surface area contributed by atoms with Gasteiger partial charge < -0.3 is 5.32 Å². The first-order valence-corrected chi connectivity index (χ1v) is 8.24. The number of nitrogens with one attached hydrogen (secondary N) is 1. The Morgan fingerprint density at radius 2 is 2.40 bits per heavy atom. The Balaban J connectivity index is 1.64. The molecule has 4 nitrogen and oxygen atoms in total. The van der Waals surface area contributed by atoms with Crippen LogP contribution in [0.3, 0.4) is 0 Å². The summed E-state index contributed by atoms with van der Waals surface area (Å²) in [5, 5.41) is 7.85. The van der Waals surface area contributed by atoms with Gasteiger partial charge in [0.25, 0.3) is 0 Å². The van der Waals surface area contributed by atoms with Gasteiger partial charge in [-0.3, -0.25) is 0 Å². The Labute approximate surface area is 124 Å². The van der Waals surface area contributed by atoms with E-state index in [1.807, 2.05) is 4.68 Å². The zero-order valence-corrected chi connectivity index (χ0v) is 12.6. The number of hydrogen-bond donors (Lipinski definition) is 1. The monoisotopic (exact) mass is 288 g/mol. The second kappa shape index (κ2) is 6.41. The minimum atomic E-state index is 0.670. The van der Waals surface area contributed by atoms with Crippen molar-refractivity contribution < 1.29 is 0 Å². The molecule has 0 aliphatic carbocycles. The zero-order chi connectivity index (χ0) is 13.8.